The van der Waals surface area contributed by atoms with Gasteiger partial charge in [0.2, 0.25) is 0 Å². The van der Waals surface area contributed by atoms with Crippen LogP contribution >= 0.6 is 0 Å². The van der Waals surface area contributed by atoms with Crippen molar-refractivity contribution in [2.24, 2.45) is 0 Å². The number of aliphatic hydroxyl groups excluding tert-OH is 1. The summed E-state index contributed by atoms with van der Waals surface area (Å²) in [6.07, 6.45) is -0.830. The number of aliphatic carboxylic acids is 1. The number of rotatable bonds is 6. The molecule has 0 fully saturated rings. The zero-order valence-corrected chi connectivity index (χ0v) is 31.8. The van der Waals surface area contributed by atoms with Crippen LogP contribution in [0.5, 0.6) is 0 Å². The molecule has 0 unspecified atom stereocenters. The van der Waals surface area contributed by atoms with Gasteiger partial charge in [0.15, 0.2) is 23.3 Å². The number of nitrogens with zero attached hydrogens (tertiary/aromatic N) is 4. The first-order valence-corrected chi connectivity index (χ1v) is 18.5. The maximum atomic E-state index is 13.7. The molecule has 18 heteroatoms. The lowest BCUT2D eigenvalue weighted by Gasteiger charge is -2.30. The van der Waals surface area contributed by atoms with Crippen molar-refractivity contribution < 1.29 is 57.8 Å². The molecular weight excluding hydrogens is 808 g/mol. The standard InChI is InChI=1S/C21H18F2N2O5.C21H16F2N2O4.CH4.H2O/c1-2-21(30,7-18(27)28)13-5-17-19-11(8-25(17)20(29)12(13)9-26)3-10-4-14(22)15(23)6-16(10)24-19;1-2-21(28)7-18(26)29-9-12-13(21)5-17-19-11(8-25(17)20(12)27)3-10-4-14(22)15(23)6-16(10)24-19;;/h3-6,26,30H,2,7-9H2,1H3,(H,27,28);3-6,28H,2,7-9H2,1H3;1H4;1H2/p-2/t2*21-;;/m11../s1. The van der Waals surface area contributed by atoms with Crippen LogP contribution in [0.4, 0.5) is 17.6 Å². The van der Waals surface area contributed by atoms with E-state index in [1.165, 1.54) is 15.2 Å². The number of carboxylic acids is 1. The lowest BCUT2D eigenvalue weighted by atomic mass is 9.85. The van der Waals surface area contributed by atoms with Gasteiger partial charge in [-0.25, -0.2) is 27.5 Å². The third kappa shape index (κ3) is 7.24. The second-order valence-corrected chi connectivity index (χ2v) is 14.9. The molecule has 0 saturated heterocycles. The number of fused-ring (bicyclic) bond motifs is 9. The van der Waals surface area contributed by atoms with Crippen LogP contribution in [0.15, 0.2) is 58.1 Å². The second-order valence-electron chi connectivity index (χ2n) is 14.9. The van der Waals surface area contributed by atoms with Crippen LogP contribution in [0.1, 0.15) is 80.3 Å². The van der Waals surface area contributed by atoms with Crippen molar-refractivity contribution in [3.8, 4) is 22.8 Å². The minimum absolute atomic E-state index is 0. The van der Waals surface area contributed by atoms with Crippen molar-refractivity contribution in [3.63, 3.8) is 0 Å². The number of aliphatic hydroxyl groups is 3. The Kier molecular flexibility index (Phi) is 11.5. The predicted octanol–water partition coefficient (Wildman–Crippen LogP) is 4.14. The maximum Gasteiger partial charge on any atom is 0.309 e. The molecule has 6 aromatic rings. The van der Waals surface area contributed by atoms with E-state index in [2.05, 4.69) is 9.97 Å². The summed E-state index contributed by atoms with van der Waals surface area (Å²) < 4.78 is 62.4. The van der Waals surface area contributed by atoms with Crippen LogP contribution in [0.2, 0.25) is 0 Å². The molecule has 3 aliphatic rings. The number of carbonyl (C=O) groups excluding carboxylic acids is 2. The molecule has 61 heavy (non-hydrogen) atoms. The number of pyridine rings is 4. The number of carbonyl (C=O) groups is 2. The van der Waals surface area contributed by atoms with Crippen LogP contribution in [0.25, 0.3) is 44.6 Å². The number of hydrogen-bond acceptors (Lipinski definition) is 12. The Morgan fingerprint density at radius 1 is 0.836 bits per heavy atom. The average Bonchev–Trinajstić information content (AvgIpc) is 3.69. The van der Waals surface area contributed by atoms with E-state index in [0.29, 0.717) is 50.2 Å². The van der Waals surface area contributed by atoms with E-state index in [1.807, 2.05) is 0 Å². The van der Waals surface area contributed by atoms with Crippen LogP contribution in [0.3, 0.4) is 0 Å². The fourth-order valence-corrected chi connectivity index (χ4v) is 8.16. The van der Waals surface area contributed by atoms with Crippen molar-refractivity contribution in [1.82, 2.24) is 19.1 Å². The fraction of sp³-hybridized carbons (Fsp3) is 0.302. The molecule has 4 N–H and O–H groups in total. The average molecular weight is 847 g/mol. The summed E-state index contributed by atoms with van der Waals surface area (Å²) in [7, 11) is 0. The van der Waals surface area contributed by atoms with Gasteiger partial charge < -0.3 is 44.6 Å². The van der Waals surface area contributed by atoms with Gasteiger partial charge in [-0.3, -0.25) is 14.4 Å². The van der Waals surface area contributed by atoms with Crippen LogP contribution in [-0.4, -0.2) is 51.8 Å². The molecule has 0 saturated carbocycles. The van der Waals surface area contributed by atoms with E-state index >= 15 is 0 Å². The van der Waals surface area contributed by atoms with Gasteiger partial charge in [0.05, 0.1) is 71.1 Å². The molecular formula is C43H38F4N4O10-2. The number of carboxylic acid groups (broad SMARTS) is 1. The van der Waals surface area contributed by atoms with Gasteiger partial charge in [0, 0.05) is 52.0 Å². The van der Waals surface area contributed by atoms with Gasteiger partial charge in [-0.2, -0.15) is 0 Å². The van der Waals surface area contributed by atoms with E-state index in [9.17, 15) is 57.2 Å². The molecule has 7 heterocycles. The van der Waals surface area contributed by atoms with Gasteiger partial charge >= 0.3 is 5.97 Å². The number of aromatic nitrogens is 4. The van der Waals surface area contributed by atoms with Crippen molar-refractivity contribution in [2.75, 3.05) is 0 Å². The number of benzene rings is 2. The molecule has 0 amide bonds. The number of hydrogen-bond donors (Lipinski definition) is 3. The SMILES string of the molecule is C.CC[C@@](O)(CC(=O)[O-])c1cc2n(c(=O)c1CO)Cc1cc3cc(F)c(F)cc3nc1-2.CC[C@@]1(O)CC(=O)OCc2c1cc1n(c2=O)Cc2cc3cc(F)c(F)cc3nc2-1.[OH-]. The van der Waals surface area contributed by atoms with Crippen molar-refractivity contribution in [3.05, 3.63) is 126 Å². The van der Waals surface area contributed by atoms with E-state index in [4.69, 9.17) is 4.74 Å². The van der Waals surface area contributed by atoms with E-state index in [-0.39, 0.29) is 85.1 Å². The third-order valence-corrected chi connectivity index (χ3v) is 11.4. The summed E-state index contributed by atoms with van der Waals surface area (Å²) >= 11 is 0. The first kappa shape index (κ1) is 44.2. The van der Waals surface area contributed by atoms with Crippen molar-refractivity contribution >= 4 is 33.7 Å². The van der Waals surface area contributed by atoms with Gasteiger partial charge in [0.1, 0.15) is 12.2 Å². The summed E-state index contributed by atoms with van der Waals surface area (Å²) in [5.41, 5.74) is -0.709. The zero-order valence-electron chi connectivity index (χ0n) is 31.8. The number of cyclic esters (lactones) is 1. The number of halogens is 4. The van der Waals surface area contributed by atoms with Gasteiger partial charge in [-0.15, -0.1) is 0 Å². The highest BCUT2D eigenvalue weighted by Gasteiger charge is 2.40. The monoisotopic (exact) mass is 846 g/mol. The molecule has 0 radical (unpaired) electrons. The molecule has 14 nitrogen and oxygen atoms in total. The van der Waals surface area contributed by atoms with E-state index in [1.54, 1.807) is 32.0 Å². The topological polar surface area (TPSA) is 227 Å². The Hall–Kier alpha value is -6.34. The Morgan fingerprint density at radius 2 is 1.34 bits per heavy atom. The summed E-state index contributed by atoms with van der Waals surface area (Å²) in [5.74, 6) is -6.12. The zero-order chi connectivity index (χ0) is 42.3. The quantitative estimate of drug-likeness (QED) is 0.159. The minimum atomic E-state index is -1.93. The molecule has 2 atom stereocenters. The van der Waals surface area contributed by atoms with Crippen molar-refractivity contribution in [2.45, 2.75) is 84.5 Å². The van der Waals surface area contributed by atoms with Crippen LogP contribution in [0, 0.1) is 23.3 Å². The van der Waals surface area contributed by atoms with E-state index < -0.39 is 65.0 Å². The maximum absolute atomic E-state index is 13.7. The second kappa shape index (κ2) is 15.9. The molecule has 0 bridgehead atoms. The summed E-state index contributed by atoms with van der Waals surface area (Å²) in [6.45, 7) is 2.65. The molecule has 3 aliphatic heterocycles. The Morgan fingerprint density at radius 3 is 1.84 bits per heavy atom. The highest BCUT2D eigenvalue weighted by molar-refractivity contribution is 5.85. The molecule has 0 aliphatic carbocycles. The third-order valence-electron chi connectivity index (χ3n) is 11.4. The first-order valence-electron chi connectivity index (χ1n) is 18.5. The Labute approximate surface area is 343 Å². The van der Waals surface area contributed by atoms with Gasteiger partial charge in [0.25, 0.3) is 11.1 Å². The van der Waals surface area contributed by atoms with Gasteiger partial charge in [-0.05, 0) is 60.4 Å². The lowest BCUT2D eigenvalue weighted by molar-refractivity contribution is -0.309. The Bertz CT molecular complexity index is 2950. The molecule has 320 valence electrons. The highest BCUT2D eigenvalue weighted by Crippen LogP contribution is 2.40. The molecule has 9 rings (SSSR count). The molecule has 2 aromatic carbocycles. The smallest absolute Gasteiger partial charge is 0.309 e. The number of ether oxygens (including phenoxy) is 1. The summed E-state index contributed by atoms with van der Waals surface area (Å²) in [5, 5.41) is 43.7. The molecule has 4 aromatic heterocycles. The largest absolute Gasteiger partial charge is 0.870 e. The highest BCUT2D eigenvalue weighted by atomic mass is 19.2. The van der Waals surface area contributed by atoms with E-state index in [0.717, 1.165) is 24.3 Å². The lowest BCUT2D eigenvalue weighted by Crippen LogP contribution is -2.38. The fourth-order valence-electron chi connectivity index (χ4n) is 8.16. The minimum Gasteiger partial charge on any atom is -0.870 e. The van der Waals surface area contributed by atoms with Crippen molar-refractivity contribution in [1.29, 1.82) is 0 Å². The first-order chi connectivity index (χ1) is 28.0. The summed E-state index contributed by atoms with van der Waals surface area (Å²) in [4.78, 5) is 58.1. The number of esters is 1. The predicted molar refractivity (Wildman–Crippen MR) is 208 cm³/mol. The molecule has 0 spiro atoms. The van der Waals surface area contributed by atoms with Crippen LogP contribution in [-0.2, 0) is 51.8 Å². The normalized spacial score (nSPS) is 16.6. The Balaban J connectivity index is 0.000000198. The van der Waals surface area contributed by atoms with Gasteiger partial charge in [-0.1, -0.05) is 21.3 Å². The summed E-state index contributed by atoms with van der Waals surface area (Å²) in [6, 6.07) is 10.4. The van der Waals surface area contributed by atoms with Crippen LogP contribution < -0.4 is 16.2 Å².